The standard InChI is InChI=1S/C18H27FN3O3S/c1-2-3-4-5-6-17(21-23)15-26(24,25)22(13-11-20-12-14-22)18-9-7-16(19)8-10-18/h7-10,17,20-21,23H,2-4,11-15H2,1H3/q+1. The summed E-state index contributed by atoms with van der Waals surface area (Å²) in [6.45, 7) is 3.81. The smallest absolute Gasteiger partial charge is 0.304 e. The Morgan fingerprint density at radius 3 is 2.54 bits per heavy atom. The molecule has 1 aromatic carbocycles. The van der Waals surface area contributed by atoms with Crippen LogP contribution in [-0.2, 0) is 10.0 Å². The molecule has 1 aromatic rings. The third-order valence-electron chi connectivity index (χ3n) is 4.59. The highest BCUT2D eigenvalue weighted by molar-refractivity contribution is 7.91. The van der Waals surface area contributed by atoms with E-state index in [9.17, 15) is 18.0 Å². The lowest BCUT2D eigenvalue weighted by Crippen LogP contribution is -2.64. The average Bonchev–Trinajstić information content (AvgIpc) is 2.65. The molecule has 0 saturated carbocycles. The monoisotopic (exact) mass is 384 g/mol. The van der Waals surface area contributed by atoms with Crippen LogP contribution in [0.25, 0.3) is 0 Å². The molecule has 8 heteroatoms. The third kappa shape index (κ3) is 4.81. The number of hydroxylamine groups is 1. The summed E-state index contributed by atoms with van der Waals surface area (Å²) in [5, 5.41) is 12.5. The van der Waals surface area contributed by atoms with Crippen molar-refractivity contribution in [2.45, 2.75) is 32.2 Å². The average molecular weight is 384 g/mol. The fraction of sp³-hybridized carbons (Fsp3) is 0.556. The van der Waals surface area contributed by atoms with Gasteiger partial charge in [0.15, 0.2) is 0 Å². The van der Waals surface area contributed by atoms with Gasteiger partial charge in [-0.1, -0.05) is 19.3 Å². The first-order chi connectivity index (χ1) is 12.4. The van der Waals surface area contributed by atoms with E-state index in [1.54, 1.807) is 0 Å². The van der Waals surface area contributed by atoms with Crippen molar-refractivity contribution in [1.29, 1.82) is 0 Å². The Labute approximate surface area is 155 Å². The van der Waals surface area contributed by atoms with Gasteiger partial charge in [-0.05, 0) is 18.6 Å². The van der Waals surface area contributed by atoms with Crippen LogP contribution in [0.5, 0.6) is 0 Å². The predicted molar refractivity (Wildman–Crippen MR) is 101 cm³/mol. The zero-order chi connectivity index (χ0) is 19.0. The normalized spacial score (nSPS) is 18.0. The van der Waals surface area contributed by atoms with Gasteiger partial charge < -0.3 is 10.5 Å². The van der Waals surface area contributed by atoms with Gasteiger partial charge in [0.1, 0.15) is 36.4 Å². The molecule has 1 saturated heterocycles. The molecule has 1 atom stereocenters. The van der Waals surface area contributed by atoms with Crippen LogP contribution in [-0.4, -0.2) is 51.6 Å². The highest BCUT2D eigenvalue weighted by Crippen LogP contribution is 2.29. The Bertz CT molecular complexity index is 735. The zero-order valence-corrected chi connectivity index (χ0v) is 15.9. The Balaban J connectivity index is 2.30. The minimum absolute atomic E-state index is 0.269. The molecule has 0 spiro atoms. The van der Waals surface area contributed by atoms with E-state index in [0.29, 0.717) is 38.3 Å². The number of hydrogen-bond acceptors (Lipinski definition) is 5. The number of benzene rings is 1. The molecule has 0 bridgehead atoms. The number of halogens is 1. The maximum Gasteiger partial charge on any atom is 0.304 e. The zero-order valence-electron chi connectivity index (χ0n) is 15.0. The van der Waals surface area contributed by atoms with Crippen molar-refractivity contribution in [2.24, 2.45) is 0 Å². The molecule has 2 rings (SSSR count). The van der Waals surface area contributed by atoms with E-state index in [1.807, 2.05) is 5.48 Å². The van der Waals surface area contributed by atoms with Gasteiger partial charge >= 0.3 is 10.0 Å². The maximum absolute atomic E-state index is 13.3. The number of unbranched alkanes of at least 4 members (excludes halogenated alkanes) is 2. The maximum atomic E-state index is 13.3. The van der Waals surface area contributed by atoms with Crippen molar-refractivity contribution in [3.8, 4) is 11.8 Å². The van der Waals surface area contributed by atoms with Crippen LogP contribution in [0.15, 0.2) is 24.3 Å². The third-order valence-corrected chi connectivity index (χ3v) is 6.99. The van der Waals surface area contributed by atoms with Gasteiger partial charge in [0, 0.05) is 31.6 Å². The lowest BCUT2D eigenvalue weighted by molar-refractivity contribution is 0.152. The van der Waals surface area contributed by atoms with Gasteiger partial charge in [-0.3, -0.25) is 0 Å². The first-order valence-electron chi connectivity index (χ1n) is 8.90. The summed E-state index contributed by atoms with van der Waals surface area (Å²) in [5.74, 6) is 4.99. The molecule has 3 N–H and O–H groups in total. The van der Waals surface area contributed by atoms with Gasteiger partial charge in [0.2, 0.25) is 0 Å². The van der Waals surface area contributed by atoms with E-state index < -0.39 is 21.9 Å². The second-order valence-corrected chi connectivity index (χ2v) is 8.61. The number of hydrogen-bond donors (Lipinski definition) is 3. The minimum Gasteiger partial charge on any atom is -0.316 e. The molecule has 0 aliphatic carbocycles. The number of rotatable bonds is 7. The van der Waals surface area contributed by atoms with Gasteiger partial charge in [-0.2, -0.15) is 17.8 Å². The molecule has 6 nitrogen and oxygen atoms in total. The highest BCUT2D eigenvalue weighted by atomic mass is 32.2. The molecule has 1 fully saturated rings. The fourth-order valence-electron chi connectivity index (χ4n) is 3.09. The molecule has 144 valence electrons. The van der Waals surface area contributed by atoms with Crippen LogP contribution >= 0.6 is 0 Å². The Morgan fingerprint density at radius 2 is 1.96 bits per heavy atom. The molecular weight excluding hydrogens is 357 g/mol. The molecule has 1 aliphatic heterocycles. The van der Waals surface area contributed by atoms with Crippen molar-refractivity contribution < 1.29 is 18.0 Å². The summed E-state index contributed by atoms with van der Waals surface area (Å²) >= 11 is 0. The second kappa shape index (κ2) is 9.44. The van der Waals surface area contributed by atoms with Crippen molar-refractivity contribution in [3.05, 3.63) is 30.1 Å². The molecule has 1 heterocycles. The SMILES string of the molecule is CCCCC#CC(CS(=O)(=O)[N+]1(c2ccc(F)cc2)CCNCC1)NO. The Kier molecular flexibility index (Phi) is 7.55. The second-order valence-electron chi connectivity index (χ2n) is 6.42. The van der Waals surface area contributed by atoms with E-state index in [4.69, 9.17) is 0 Å². The van der Waals surface area contributed by atoms with E-state index in [1.165, 1.54) is 24.3 Å². The number of quaternary nitrogens is 1. The van der Waals surface area contributed by atoms with Crippen molar-refractivity contribution in [2.75, 3.05) is 31.9 Å². The highest BCUT2D eigenvalue weighted by Gasteiger charge is 2.46. The van der Waals surface area contributed by atoms with E-state index in [0.717, 1.165) is 12.8 Å². The summed E-state index contributed by atoms with van der Waals surface area (Å²) in [4.78, 5) is 0. The molecule has 0 amide bonds. The summed E-state index contributed by atoms with van der Waals surface area (Å²) in [6, 6.07) is 4.74. The van der Waals surface area contributed by atoms with Gasteiger partial charge in [-0.15, -0.1) is 5.92 Å². The number of sulfonamides is 1. The van der Waals surface area contributed by atoms with Crippen molar-refractivity contribution >= 4 is 15.7 Å². The first-order valence-corrected chi connectivity index (χ1v) is 10.5. The van der Waals surface area contributed by atoms with E-state index in [2.05, 4.69) is 24.1 Å². The molecule has 1 aliphatic rings. The van der Waals surface area contributed by atoms with Gasteiger partial charge in [0.05, 0.1) is 0 Å². The summed E-state index contributed by atoms with van der Waals surface area (Å²) < 4.78 is 39.6. The largest absolute Gasteiger partial charge is 0.316 e. The number of piperazine rings is 1. The molecule has 0 radical (unpaired) electrons. The Hall–Kier alpha value is -1.50. The quantitative estimate of drug-likeness (QED) is 0.288. The number of nitrogens with zero attached hydrogens (tertiary/aromatic N) is 1. The number of nitrogens with one attached hydrogen (secondary N) is 2. The fourth-order valence-corrected chi connectivity index (χ4v) is 5.14. The van der Waals surface area contributed by atoms with Crippen LogP contribution in [0, 0.1) is 17.7 Å². The molecular formula is C18H27FN3O3S+. The summed E-state index contributed by atoms with van der Waals surface area (Å²) in [5.41, 5.74) is 2.54. The van der Waals surface area contributed by atoms with Crippen LogP contribution in [0.1, 0.15) is 26.2 Å². The van der Waals surface area contributed by atoms with E-state index in [-0.39, 0.29) is 9.64 Å². The van der Waals surface area contributed by atoms with Crippen molar-refractivity contribution in [1.82, 2.24) is 14.7 Å². The summed E-state index contributed by atoms with van der Waals surface area (Å²) in [6.07, 6.45) is 2.59. The Morgan fingerprint density at radius 1 is 1.31 bits per heavy atom. The predicted octanol–water partition coefficient (Wildman–Crippen LogP) is 1.61. The first kappa shape index (κ1) is 20.8. The van der Waals surface area contributed by atoms with Crippen molar-refractivity contribution in [3.63, 3.8) is 0 Å². The molecule has 1 unspecified atom stereocenters. The van der Waals surface area contributed by atoms with E-state index >= 15 is 0 Å². The minimum atomic E-state index is -3.71. The van der Waals surface area contributed by atoms with Crippen LogP contribution < -0.4 is 14.7 Å². The van der Waals surface area contributed by atoms with Crippen LogP contribution in [0.4, 0.5) is 10.1 Å². The summed E-state index contributed by atoms with van der Waals surface area (Å²) in [7, 11) is -3.71. The molecule has 26 heavy (non-hydrogen) atoms. The lowest BCUT2D eigenvalue weighted by atomic mass is 10.2. The lowest BCUT2D eigenvalue weighted by Gasteiger charge is -2.39. The molecule has 0 aromatic heterocycles. The van der Waals surface area contributed by atoms with Crippen LogP contribution in [0.2, 0.25) is 0 Å². The van der Waals surface area contributed by atoms with Gasteiger partial charge in [-0.25, -0.2) is 4.39 Å². The topological polar surface area (TPSA) is 78.4 Å². The van der Waals surface area contributed by atoms with Crippen LogP contribution in [0.3, 0.4) is 0 Å². The van der Waals surface area contributed by atoms with Gasteiger partial charge in [0.25, 0.3) is 0 Å².